The van der Waals surface area contributed by atoms with E-state index in [1.165, 1.54) is 18.4 Å². The van der Waals surface area contributed by atoms with Gasteiger partial charge in [0.25, 0.3) is 11.5 Å². The van der Waals surface area contributed by atoms with Gasteiger partial charge in [-0.3, -0.25) is 14.5 Å². The largest absolute Gasteiger partial charge is 0.349 e. The second-order valence-electron chi connectivity index (χ2n) is 11.5. The van der Waals surface area contributed by atoms with Gasteiger partial charge in [0, 0.05) is 49.4 Å². The summed E-state index contributed by atoms with van der Waals surface area (Å²) in [7, 11) is 2.20. The zero-order valence-electron chi connectivity index (χ0n) is 22.1. The number of nitrogens with one attached hydrogen (secondary N) is 1. The molecule has 6 rings (SSSR count). The molecule has 194 valence electrons. The molecule has 1 N–H and O–H groups in total. The quantitative estimate of drug-likeness (QED) is 0.524. The average Bonchev–Trinajstić information content (AvgIpc) is 3.80. The molecule has 6 nitrogen and oxygen atoms in total. The van der Waals surface area contributed by atoms with Gasteiger partial charge in [-0.2, -0.15) is 0 Å². The molecule has 0 radical (unpaired) electrons. The van der Waals surface area contributed by atoms with Crippen LogP contribution in [0.5, 0.6) is 0 Å². The van der Waals surface area contributed by atoms with Gasteiger partial charge in [0.15, 0.2) is 0 Å². The van der Waals surface area contributed by atoms with Crippen LogP contribution in [0.4, 0.5) is 0 Å². The van der Waals surface area contributed by atoms with Crippen LogP contribution in [0, 0.1) is 12.8 Å². The highest BCUT2D eigenvalue weighted by Crippen LogP contribution is 2.32. The molecule has 0 spiro atoms. The Morgan fingerprint density at radius 1 is 0.973 bits per heavy atom. The molecule has 37 heavy (non-hydrogen) atoms. The van der Waals surface area contributed by atoms with Gasteiger partial charge in [0.05, 0.1) is 0 Å². The Kier molecular flexibility index (Phi) is 6.63. The van der Waals surface area contributed by atoms with Crippen LogP contribution >= 0.6 is 0 Å². The lowest BCUT2D eigenvalue weighted by atomic mass is 9.94. The lowest BCUT2D eigenvalue weighted by Crippen LogP contribution is -2.30. The van der Waals surface area contributed by atoms with Gasteiger partial charge in [-0.25, -0.2) is 0 Å². The summed E-state index contributed by atoms with van der Waals surface area (Å²) < 4.78 is 1.97. The summed E-state index contributed by atoms with van der Waals surface area (Å²) in [4.78, 5) is 31.2. The summed E-state index contributed by atoms with van der Waals surface area (Å²) in [6.07, 6.45) is 7.89. The van der Waals surface area contributed by atoms with Crippen LogP contribution in [0.25, 0.3) is 21.9 Å². The number of aryl methyl sites for hydroxylation is 1. The van der Waals surface area contributed by atoms with Crippen molar-refractivity contribution in [2.24, 2.45) is 5.92 Å². The number of pyridine rings is 1. The standard InChI is InChI=1S/C31H38N4O2/c1-21-4-7-24(30(36)32-26-9-10-26)17-28(21)23-8-11-27-29(16-23)25(19-34-13-3-12-33(2)14-15-34)20-35(31(27)37)18-22-5-6-22/h4,7-8,11,16-17,20,22,26H,3,5-6,9-10,12-15,18-19H2,1-2H3,(H,32,36). The normalized spacial score (nSPS) is 19.2. The van der Waals surface area contributed by atoms with E-state index < -0.39 is 0 Å². The number of likely N-dealkylation sites (N-methyl/N-ethyl adjacent to an activating group) is 1. The van der Waals surface area contributed by atoms with Crippen molar-refractivity contribution in [3.05, 3.63) is 69.6 Å². The lowest BCUT2D eigenvalue weighted by Gasteiger charge is -2.22. The van der Waals surface area contributed by atoms with Crippen molar-refractivity contribution in [3.63, 3.8) is 0 Å². The van der Waals surface area contributed by atoms with Crippen molar-refractivity contribution >= 4 is 16.7 Å². The first-order valence-electron chi connectivity index (χ1n) is 13.9. The first kappa shape index (κ1) is 24.4. The first-order valence-corrected chi connectivity index (χ1v) is 13.9. The lowest BCUT2D eigenvalue weighted by molar-refractivity contribution is 0.0951. The van der Waals surface area contributed by atoms with E-state index in [0.717, 1.165) is 86.0 Å². The van der Waals surface area contributed by atoms with E-state index in [9.17, 15) is 9.59 Å². The molecule has 0 bridgehead atoms. The number of carbonyl (C=O) groups excluding carboxylic acids is 1. The zero-order valence-corrected chi connectivity index (χ0v) is 22.1. The number of aromatic nitrogens is 1. The fraction of sp³-hybridized carbons (Fsp3) is 0.484. The summed E-state index contributed by atoms with van der Waals surface area (Å²) >= 11 is 0. The van der Waals surface area contributed by atoms with E-state index in [1.807, 2.05) is 28.8 Å². The topological polar surface area (TPSA) is 57.6 Å². The Hall–Kier alpha value is -2.96. The Labute approximate surface area is 219 Å². The summed E-state index contributed by atoms with van der Waals surface area (Å²) in [5.41, 5.74) is 5.27. The van der Waals surface area contributed by atoms with Crippen LogP contribution in [0.15, 0.2) is 47.4 Å². The van der Waals surface area contributed by atoms with Crippen molar-refractivity contribution < 1.29 is 4.79 Å². The van der Waals surface area contributed by atoms with Gasteiger partial charge in [-0.05, 0) is 117 Å². The number of nitrogens with zero attached hydrogens (tertiary/aromatic N) is 3. The van der Waals surface area contributed by atoms with E-state index in [1.54, 1.807) is 0 Å². The van der Waals surface area contributed by atoms with E-state index in [4.69, 9.17) is 0 Å². The molecular weight excluding hydrogens is 460 g/mol. The van der Waals surface area contributed by atoms with Crippen LogP contribution in [-0.2, 0) is 13.1 Å². The second-order valence-corrected chi connectivity index (χ2v) is 11.5. The highest BCUT2D eigenvalue weighted by Gasteiger charge is 2.25. The molecule has 2 saturated carbocycles. The molecule has 0 unspecified atom stereocenters. The van der Waals surface area contributed by atoms with Gasteiger partial charge in [0.1, 0.15) is 0 Å². The smallest absolute Gasteiger partial charge is 0.258 e. The molecule has 0 atom stereocenters. The second kappa shape index (κ2) is 10.1. The minimum absolute atomic E-state index is 0.000628. The van der Waals surface area contributed by atoms with Crippen LogP contribution < -0.4 is 10.9 Å². The molecule has 2 heterocycles. The number of hydrogen-bond acceptors (Lipinski definition) is 4. The molecule has 3 aliphatic rings. The number of fused-ring (bicyclic) bond motifs is 1. The fourth-order valence-corrected chi connectivity index (χ4v) is 5.54. The molecule has 1 saturated heterocycles. The van der Waals surface area contributed by atoms with Gasteiger partial charge in [-0.1, -0.05) is 12.1 Å². The molecule has 2 aromatic carbocycles. The van der Waals surface area contributed by atoms with Gasteiger partial charge >= 0.3 is 0 Å². The number of rotatable bonds is 7. The highest BCUT2D eigenvalue weighted by atomic mass is 16.1. The third kappa shape index (κ3) is 5.51. The van der Waals surface area contributed by atoms with E-state index >= 15 is 0 Å². The zero-order chi connectivity index (χ0) is 25.5. The number of amides is 1. The number of carbonyl (C=O) groups is 1. The molecular formula is C31H38N4O2. The summed E-state index contributed by atoms with van der Waals surface area (Å²) in [6.45, 7) is 8.07. The third-order valence-electron chi connectivity index (χ3n) is 8.25. The monoisotopic (exact) mass is 498 g/mol. The van der Waals surface area contributed by atoms with Gasteiger partial charge in [0.2, 0.25) is 0 Å². The predicted octanol–water partition coefficient (Wildman–Crippen LogP) is 4.42. The molecule has 2 aliphatic carbocycles. The minimum atomic E-state index is -0.000628. The third-order valence-corrected chi connectivity index (χ3v) is 8.25. The van der Waals surface area contributed by atoms with Crippen LogP contribution in [-0.4, -0.2) is 59.5 Å². The van der Waals surface area contributed by atoms with Crippen molar-refractivity contribution in [3.8, 4) is 11.1 Å². The number of benzene rings is 2. The van der Waals surface area contributed by atoms with Crippen molar-refractivity contribution in [2.45, 2.75) is 58.2 Å². The van der Waals surface area contributed by atoms with Crippen molar-refractivity contribution in [1.82, 2.24) is 19.7 Å². The highest BCUT2D eigenvalue weighted by molar-refractivity contribution is 5.97. The van der Waals surface area contributed by atoms with Crippen molar-refractivity contribution in [1.29, 1.82) is 0 Å². The Bertz CT molecular complexity index is 1390. The Balaban J connectivity index is 1.40. The Morgan fingerprint density at radius 2 is 1.81 bits per heavy atom. The fourth-order valence-electron chi connectivity index (χ4n) is 5.54. The molecule has 3 fully saturated rings. The first-order chi connectivity index (χ1) is 17.9. The van der Waals surface area contributed by atoms with Crippen LogP contribution in [0.2, 0.25) is 0 Å². The van der Waals surface area contributed by atoms with E-state index in [0.29, 0.717) is 17.5 Å². The SMILES string of the molecule is Cc1ccc(C(=O)NC2CC2)cc1-c1ccc2c(=O)n(CC3CC3)cc(CN3CCCN(C)CC3)c2c1. The molecule has 1 amide bonds. The molecule has 6 heteroatoms. The van der Waals surface area contributed by atoms with E-state index in [-0.39, 0.29) is 11.5 Å². The van der Waals surface area contributed by atoms with Gasteiger partial charge in [-0.15, -0.1) is 0 Å². The molecule has 1 aromatic heterocycles. The van der Waals surface area contributed by atoms with Gasteiger partial charge < -0.3 is 14.8 Å². The summed E-state index contributed by atoms with van der Waals surface area (Å²) in [5.74, 6) is 0.639. The molecule has 3 aromatic rings. The maximum atomic E-state index is 13.5. The number of hydrogen-bond donors (Lipinski definition) is 1. The minimum Gasteiger partial charge on any atom is -0.349 e. The van der Waals surface area contributed by atoms with Crippen LogP contribution in [0.1, 0.15) is 53.6 Å². The van der Waals surface area contributed by atoms with E-state index in [2.05, 4.69) is 47.4 Å². The summed E-state index contributed by atoms with van der Waals surface area (Å²) in [5, 5.41) is 4.94. The average molecular weight is 499 g/mol. The maximum absolute atomic E-state index is 13.5. The maximum Gasteiger partial charge on any atom is 0.258 e. The predicted molar refractivity (Wildman–Crippen MR) is 149 cm³/mol. The Morgan fingerprint density at radius 3 is 2.59 bits per heavy atom. The van der Waals surface area contributed by atoms with Crippen LogP contribution in [0.3, 0.4) is 0 Å². The summed E-state index contributed by atoms with van der Waals surface area (Å²) in [6, 6.07) is 12.5. The molecule has 1 aliphatic heterocycles. The van der Waals surface area contributed by atoms with Crippen molar-refractivity contribution in [2.75, 3.05) is 33.2 Å².